The first kappa shape index (κ1) is 12.1. The van der Waals surface area contributed by atoms with Crippen molar-refractivity contribution in [3.8, 4) is 6.07 Å². The van der Waals surface area contributed by atoms with Crippen LogP contribution in [0.5, 0.6) is 0 Å². The number of nitrogen functional groups attached to an aromatic ring is 1. The van der Waals surface area contributed by atoms with Crippen molar-refractivity contribution in [2.45, 2.75) is 6.54 Å². The average molecular weight is 258 g/mol. The maximum absolute atomic E-state index is 11.8. The minimum absolute atomic E-state index is 0.237. The van der Waals surface area contributed by atoms with Crippen molar-refractivity contribution in [2.24, 2.45) is 0 Å². The maximum Gasteiger partial charge on any atom is 0.251 e. The first-order valence-corrected chi connectivity index (χ1v) is 6.05. The third kappa shape index (κ3) is 2.84. The lowest BCUT2D eigenvalue weighted by Crippen LogP contribution is -2.23. The molecule has 0 aliphatic heterocycles. The maximum atomic E-state index is 11.8. The van der Waals surface area contributed by atoms with Crippen molar-refractivity contribution in [1.29, 1.82) is 5.26 Å². The van der Waals surface area contributed by atoms with Gasteiger partial charge >= 0.3 is 0 Å². The largest absolute Gasteiger partial charge is 0.375 e. The summed E-state index contributed by atoms with van der Waals surface area (Å²) in [5, 5.41) is 13.7. The van der Waals surface area contributed by atoms with Crippen LogP contribution in [0.2, 0.25) is 0 Å². The normalized spacial score (nSPS) is 9.72. The number of nitriles is 1. The molecule has 6 heteroatoms. The van der Waals surface area contributed by atoms with Gasteiger partial charge < -0.3 is 11.1 Å². The molecule has 0 spiro atoms. The Hall–Kier alpha value is -2.39. The van der Waals surface area contributed by atoms with Crippen LogP contribution in [-0.4, -0.2) is 10.9 Å². The molecule has 0 bridgehead atoms. The van der Waals surface area contributed by atoms with Crippen LogP contribution in [-0.2, 0) is 6.54 Å². The zero-order chi connectivity index (χ0) is 13.0. The molecular formula is C12H10N4OS. The van der Waals surface area contributed by atoms with E-state index in [1.54, 1.807) is 29.6 Å². The Bertz CT molecular complexity index is 615. The number of nitrogens with one attached hydrogen (secondary N) is 1. The third-order valence-corrected chi connectivity index (χ3v) is 2.98. The summed E-state index contributed by atoms with van der Waals surface area (Å²) in [6, 6.07) is 8.52. The van der Waals surface area contributed by atoms with E-state index in [4.69, 9.17) is 11.0 Å². The molecule has 0 aliphatic carbocycles. The summed E-state index contributed by atoms with van der Waals surface area (Å²) < 4.78 is 0. The number of benzene rings is 1. The van der Waals surface area contributed by atoms with Gasteiger partial charge in [0, 0.05) is 10.9 Å². The molecule has 2 aromatic rings. The third-order valence-electron chi connectivity index (χ3n) is 2.25. The summed E-state index contributed by atoms with van der Waals surface area (Å²) in [6.45, 7) is 0.323. The van der Waals surface area contributed by atoms with Gasteiger partial charge in [0.15, 0.2) is 5.13 Å². The topological polar surface area (TPSA) is 91.8 Å². The van der Waals surface area contributed by atoms with E-state index in [9.17, 15) is 4.79 Å². The monoisotopic (exact) mass is 258 g/mol. The number of rotatable bonds is 3. The van der Waals surface area contributed by atoms with Crippen LogP contribution >= 0.6 is 11.3 Å². The van der Waals surface area contributed by atoms with E-state index < -0.39 is 0 Å². The fourth-order valence-electron chi connectivity index (χ4n) is 1.41. The summed E-state index contributed by atoms with van der Waals surface area (Å²) in [4.78, 5) is 15.9. The summed E-state index contributed by atoms with van der Waals surface area (Å²) in [5.41, 5.74) is 7.13. The molecule has 0 saturated carbocycles. The molecule has 1 aromatic heterocycles. The second kappa shape index (κ2) is 5.29. The number of hydrogen-bond donors (Lipinski definition) is 2. The highest BCUT2D eigenvalue weighted by molar-refractivity contribution is 7.13. The molecule has 0 unspecified atom stereocenters. The van der Waals surface area contributed by atoms with Crippen molar-refractivity contribution in [2.75, 3.05) is 5.73 Å². The van der Waals surface area contributed by atoms with E-state index in [0.29, 0.717) is 22.8 Å². The van der Waals surface area contributed by atoms with E-state index in [1.807, 2.05) is 6.07 Å². The Balaban J connectivity index is 2.01. The van der Waals surface area contributed by atoms with Gasteiger partial charge in [0.2, 0.25) is 0 Å². The Morgan fingerprint density at radius 2 is 2.39 bits per heavy atom. The highest BCUT2D eigenvalue weighted by Gasteiger charge is 2.07. The van der Waals surface area contributed by atoms with Gasteiger partial charge in [-0.15, -0.1) is 11.3 Å². The van der Waals surface area contributed by atoms with E-state index in [-0.39, 0.29) is 5.91 Å². The van der Waals surface area contributed by atoms with Gasteiger partial charge in [-0.2, -0.15) is 5.26 Å². The van der Waals surface area contributed by atoms with Crippen LogP contribution in [0.1, 0.15) is 21.6 Å². The quantitative estimate of drug-likeness (QED) is 0.873. The van der Waals surface area contributed by atoms with Gasteiger partial charge in [-0.25, -0.2) is 4.98 Å². The van der Waals surface area contributed by atoms with Gasteiger partial charge in [0.05, 0.1) is 23.9 Å². The number of anilines is 1. The van der Waals surface area contributed by atoms with Gasteiger partial charge in [-0.05, 0) is 18.2 Å². The highest BCUT2D eigenvalue weighted by Crippen LogP contribution is 2.11. The summed E-state index contributed by atoms with van der Waals surface area (Å²) in [6.07, 6.45) is 0. The Morgan fingerprint density at radius 1 is 1.56 bits per heavy atom. The van der Waals surface area contributed by atoms with Gasteiger partial charge in [0.25, 0.3) is 5.91 Å². The molecule has 0 atom stereocenters. The standard InChI is InChI=1S/C12H10N4OS/c13-5-8-2-1-3-9(4-8)11(17)15-6-10-7-18-12(14)16-10/h1-4,7H,6H2,(H2,14,16)(H,15,17). The molecule has 5 nitrogen and oxygen atoms in total. The Morgan fingerprint density at radius 3 is 3.06 bits per heavy atom. The van der Waals surface area contributed by atoms with Crippen LogP contribution in [0.25, 0.3) is 0 Å². The summed E-state index contributed by atoms with van der Waals surface area (Å²) >= 11 is 1.33. The molecule has 1 aromatic carbocycles. The number of amides is 1. The predicted molar refractivity (Wildman–Crippen MR) is 68.9 cm³/mol. The number of nitrogens with zero attached hydrogens (tertiary/aromatic N) is 2. The number of thiazole rings is 1. The lowest BCUT2D eigenvalue weighted by Gasteiger charge is -2.03. The number of carbonyl (C=O) groups is 1. The first-order valence-electron chi connectivity index (χ1n) is 5.17. The molecule has 0 radical (unpaired) electrons. The smallest absolute Gasteiger partial charge is 0.251 e. The summed E-state index contributed by atoms with van der Waals surface area (Å²) in [5.74, 6) is -0.237. The molecule has 0 aliphatic rings. The minimum Gasteiger partial charge on any atom is -0.375 e. The fourth-order valence-corrected chi connectivity index (χ4v) is 1.97. The minimum atomic E-state index is -0.237. The van der Waals surface area contributed by atoms with Gasteiger partial charge in [-0.1, -0.05) is 6.07 Å². The number of nitrogens with two attached hydrogens (primary N) is 1. The Kier molecular flexibility index (Phi) is 3.55. The van der Waals surface area contributed by atoms with Gasteiger partial charge in [-0.3, -0.25) is 4.79 Å². The molecule has 90 valence electrons. The van der Waals surface area contributed by atoms with E-state index in [2.05, 4.69) is 10.3 Å². The highest BCUT2D eigenvalue weighted by atomic mass is 32.1. The summed E-state index contributed by atoms with van der Waals surface area (Å²) in [7, 11) is 0. The SMILES string of the molecule is N#Cc1cccc(C(=O)NCc2csc(N)n2)c1. The second-order valence-electron chi connectivity index (χ2n) is 3.55. The molecule has 2 rings (SSSR count). The lowest BCUT2D eigenvalue weighted by atomic mass is 10.1. The van der Waals surface area contributed by atoms with Gasteiger partial charge in [0.1, 0.15) is 0 Å². The van der Waals surface area contributed by atoms with Crippen molar-refractivity contribution >= 4 is 22.4 Å². The van der Waals surface area contributed by atoms with E-state index in [0.717, 1.165) is 5.69 Å². The molecular weight excluding hydrogens is 248 g/mol. The molecule has 3 N–H and O–H groups in total. The average Bonchev–Trinajstić information content (AvgIpc) is 2.82. The van der Waals surface area contributed by atoms with Crippen molar-refractivity contribution in [3.63, 3.8) is 0 Å². The number of carbonyl (C=O) groups excluding carboxylic acids is 1. The predicted octanol–water partition coefficient (Wildman–Crippen LogP) is 1.53. The molecule has 0 saturated heterocycles. The molecule has 18 heavy (non-hydrogen) atoms. The fraction of sp³-hybridized carbons (Fsp3) is 0.0833. The van der Waals surface area contributed by atoms with Crippen LogP contribution in [0, 0.1) is 11.3 Å². The van der Waals surface area contributed by atoms with Crippen LogP contribution < -0.4 is 11.1 Å². The van der Waals surface area contributed by atoms with E-state index >= 15 is 0 Å². The van der Waals surface area contributed by atoms with Crippen LogP contribution in [0.4, 0.5) is 5.13 Å². The number of hydrogen-bond acceptors (Lipinski definition) is 5. The first-order chi connectivity index (χ1) is 8.69. The zero-order valence-corrected chi connectivity index (χ0v) is 10.2. The van der Waals surface area contributed by atoms with Crippen molar-refractivity contribution in [1.82, 2.24) is 10.3 Å². The molecule has 1 amide bonds. The zero-order valence-electron chi connectivity index (χ0n) is 9.38. The lowest BCUT2D eigenvalue weighted by molar-refractivity contribution is 0.0950. The molecule has 0 fully saturated rings. The Labute approximate surface area is 108 Å². The van der Waals surface area contributed by atoms with Crippen LogP contribution in [0.3, 0.4) is 0 Å². The van der Waals surface area contributed by atoms with Crippen LogP contribution in [0.15, 0.2) is 29.6 Å². The number of aromatic nitrogens is 1. The van der Waals surface area contributed by atoms with Crippen molar-refractivity contribution in [3.05, 3.63) is 46.5 Å². The van der Waals surface area contributed by atoms with Crippen molar-refractivity contribution < 1.29 is 4.79 Å². The van der Waals surface area contributed by atoms with E-state index in [1.165, 1.54) is 11.3 Å². The molecule has 1 heterocycles. The second-order valence-corrected chi connectivity index (χ2v) is 4.44.